The molecule has 1 fully saturated rings. The second-order valence-electron chi connectivity index (χ2n) is 10.4. The molecule has 0 atom stereocenters. The van der Waals surface area contributed by atoms with E-state index < -0.39 is 0 Å². The Morgan fingerprint density at radius 3 is 2.12 bits per heavy atom. The summed E-state index contributed by atoms with van der Waals surface area (Å²) < 4.78 is 5.55. The Bertz CT molecular complexity index is 1910. The Labute approximate surface area is 253 Å². The van der Waals surface area contributed by atoms with Gasteiger partial charge >= 0.3 is 0 Å². The Balaban J connectivity index is 0.000000151. The van der Waals surface area contributed by atoms with Crippen LogP contribution in [0.3, 0.4) is 0 Å². The summed E-state index contributed by atoms with van der Waals surface area (Å²) in [6.07, 6.45) is 7.27. The summed E-state index contributed by atoms with van der Waals surface area (Å²) in [4.78, 5) is 4.39. The minimum atomic E-state index is 0. The van der Waals surface area contributed by atoms with Crippen molar-refractivity contribution in [3.63, 3.8) is 0 Å². The molecule has 0 aliphatic heterocycles. The standard InChI is InChI=1S/C21H12NO.C16H16N.Ir/c1-2-6-14(7-3-1)21-19-12-17-10-15-8-4-5-9-16(15)11-18(17)13-20(19)23-22-21;1-2-7-13(6-1)14-8-5-9-15(12-14)16-10-3-4-11-17-16;/h1-6,8-13H;3-5,8,10-13H,1-2,6-7H2;/q2*-1;. The fourth-order valence-electron chi connectivity index (χ4n) is 5.78. The number of benzene rings is 5. The number of nitrogens with zero attached hydrogens (tertiary/aromatic N) is 2. The van der Waals surface area contributed by atoms with Gasteiger partial charge in [0.25, 0.3) is 0 Å². The van der Waals surface area contributed by atoms with Crippen LogP contribution >= 0.6 is 0 Å². The predicted octanol–water partition coefficient (Wildman–Crippen LogP) is 9.81. The van der Waals surface area contributed by atoms with Crippen molar-refractivity contribution in [2.75, 3.05) is 0 Å². The largest absolute Gasteiger partial charge is 0.366 e. The first-order chi connectivity index (χ1) is 19.8. The van der Waals surface area contributed by atoms with Crippen LogP contribution in [0.25, 0.3) is 55.0 Å². The molecule has 0 N–H and O–H groups in total. The average molecular weight is 709 g/mol. The van der Waals surface area contributed by atoms with Crippen molar-refractivity contribution in [3.05, 3.63) is 133 Å². The van der Waals surface area contributed by atoms with Crippen molar-refractivity contribution in [2.45, 2.75) is 31.6 Å². The normalized spacial score (nSPS) is 13.2. The fraction of sp³-hybridized carbons (Fsp3) is 0.135. The van der Waals surface area contributed by atoms with E-state index in [4.69, 9.17) is 4.52 Å². The zero-order valence-corrected chi connectivity index (χ0v) is 24.9. The average Bonchev–Trinajstić information content (AvgIpc) is 3.71. The predicted molar refractivity (Wildman–Crippen MR) is 163 cm³/mol. The Morgan fingerprint density at radius 1 is 0.659 bits per heavy atom. The molecule has 1 saturated carbocycles. The summed E-state index contributed by atoms with van der Waals surface area (Å²) in [5.41, 5.74) is 6.20. The quantitative estimate of drug-likeness (QED) is 0.136. The van der Waals surface area contributed by atoms with E-state index in [0.29, 0.717) is 0 Å². The molecule has 0 unspecified atom stereocenters. The molecule has 8 rings (SSSR count). The molecule has 0 amide bonds. The summed E-state index contributed by atoms with van der Waals surface area (Å²) >= 11 is 0. The van der Waals surface area contributed by atoms with E-state index in [-0.39, 0.29) is 20.1 Å². The second-order valence-corrected chi connectivity index (χ2v) is 10.4. The maximum Gasteiger partial charge on any atom is 0.157 e. The van der Waals surface area contributed by atoms with Crippen LogP contribution in [0.4, 0.5) is 0 Å². The summed E-state index contributed by atoms with van der Waals surface area (Å²) in [5.74, 6) is 0.757. The van der Waals surface area contributed by atoms with Gasteiger partial charge in [-0.2, -0.15) is 0 Å². The molecule has 7 aromatic rings. The maximum atomic E-state index is 5.55. The number of rotatable bonds is 3. The molecule has 1 aliphatic carbocycles. The zero-order chi connectivity index (χ0) is 26.7. The van der Waals surface area contributed by atoms with Gasteiger partial charge in [-0.05, 0) is 70.3 Å². The fourth-order valence-corrected chi connectivity index (χ4v) is 5.78. The van der Waals surface area contributed by atoms with Crippen LogP contribution in [0.2, 0.25) is 0 Å². The maximum absolute atomic E-state index is 5.55. The molecular weight excluding hydrogens is 681 g/mol. The third-order valence-electron chi connectivity index (χ3n) is 7.85. The van der Waals surface area contributed by atoms with Gasteiger partial charge in [0, 0.05) is 37.4 Å². The monoisotopic (exact) mass is 709 g/mol. The van der Waals surface area contributed by atoms with Crippen LogP contribution in [-0.2, 0) is 20.1 Å². The Morgan fingerprint density at radius 2 is 1.39 bits per heavy atom. The van der Waals surface area contributed by atoms with E-state index in [2.05, 4.69) is 82.9 Å². The van der Waals surface area contributed by atoms with Crippen LogP contribution in [0.1, 0.15) is 37.2 Å². The summed E-state index contributed by atoms with van der Waals surface area (Å²) in [5, 5.41) is 10.1. The first kappa shape index (κ1) is 27.1. The van der Waals surface area contributed by atoms with E-state index in [9.17, 15) is 0 Å². The van der Waals surface area contributed by atoms with E-state index in [1.165, 1.54) is 47.4 Å². The summed E-state index contributed by atoms with van der Waals surface area (Å²) in [7, 11) is 0. The molecule has 0 bridgehead atoms. The van der Waals surface area contributed by atoms with E-state index in [0.717, 1.165) is 44.8 Å². The molecule has 4 heteroatoms. The van der Waals surface area contributed by atoms with Gasteiger partial charge in [-0.3, -0.25) is 0 Å². The molecule has 203 valence electrons. The van der Waals surface area contributed by atoms with Crippen LogP contribution in [-0.4, -0.2) is 10.1 Å². The van der Waals surface area contributed by atoms with E-state index in [1.807, 2.05) is 54.7 Å². The van der Waals surface area contributed by atoms with Crippen molar-refractivity contribution < 1.29 is 24.6 Å². The number of fused-ring (bicyclic) bond motifs is 3. The van der Waals surface area contributed by atoms with Gasteiger partial charge in [0.05, 0.1) is 0 Å². The van der Waals surface area contributed by atoms with Crippen molar-refractivity contribution in [1.82, 2.24) is 10.1 Å². The van der Waals surface area contributed by atoms with Gasteiger partial charge in [-0.15, -0.1) is 76.4 Å². The third kappa shape index (κ3) is 5.72. The zero-order valence-electron chi connectivity index (χ0n) is 22.5. The minimum absolute atomic E-state index is 0. The molecule has 2 heterocycles. The second kappa shape index (κ2) is 12.2. The number of hydrogen-bond acceptors (Lipinski definition) is 3. The number of pyridine rings is 1. The topological polar surface area (TPSA) is 38.9 Å². The first-order valence-electron chi connectivity index (χ1n) is 13.9. The third-order valence-corrected chi connectivity index (χ3v) is 7.85. The van der Waals surface area contributed by atoms with Gasteiger partial charge < -0.3 is 9.51 Å². The minimum Gasteiger partial charge on any atom is -0.366 e. The summed E-state index contributed by atoms with van der Waals surface area (Å²) in [6.45, 7) is 0. The molecule has 0 spiro atoms. The molecule has 3 nitrogen and oxygen atoms in total. The van der Waals surface area contributed by atoms with Crippen molar-refractivity contribution in [1.29, 1.82) is 0 Å². The van der Waals surface area contributed by atoms with Crippen LogP contribution in [0.5, 0.6) is 0 Å². The van der Waals surface area contributed by atoms with Crippen LogP contribution in [0, 0.1) is 12.1 Å². The van der Waals surface area contributed by atoms with Crippen molar-refractivity contribution in [3.8, 4) is 22.5 Å². The van der Waals surface area contributed by atoms with Gasteiger partial charge in [0.2, 0.25) is 0 Å². The van der Waals surface area contributed by atoms with Crippen LogP contribution < -0.4 is 0 Å². The number of hydrogen-bond donors (Lipinski definition) is 0. The van der Waals surface area contributed by atoms with Crippen molar-refractivity contribution >= 4 is 32.5 Å². The molecule has 5 aromatic carbocycles. The molecule has 41 heavy (non-hydrogen) atoms. The van der Waals surface area contributed by atoms with E-state index in [1.54, 1.807) is 0 Å². The van der Waals surface area contributed by atoms with Crippen molar-refractivity contribution in [2.24, 2.45) is 0 Å². The SMILES string of the molecule is [Ir].[c-]1ccc(C2CCCC2)cc1-c1ccccn1.[c-]1ccccc1-c1noc2cc3cc4ccccc4cc3cc12. The Kier molecular flexibility index (Phi) is 8.04. The Hall–Kier alpha value is -4.11. The first-order valence-corrected chi connectivity index (χ1v) is 13.9. The van der Waals surface area contributed by atoms with E-state index >= 15 is 0 Å². The molecule has 1 radical (unpaired) electrons. The molecular formula is C37H28IrN2O-2. The molecule has 0 saturated heterocycles. The molecule has 2 aromatic heterocycles. The smallest absolute Gasteiger partial charge is 0.157 e. The van der Waals surface area contributed by atoms with Gasteiger partial charge in [-0.25, -0.2) is 0 Å². The van der Waals surface area contributed by atoms with Gasteiger partial charge in [0.15, 0.2) is 5.58 Å². The van der Waals surface area contributed by atoms with Crippen LogP contribution in [0.15, 0.2) is 120 Å². The van der Waals surface area contributed by atoms with Gasteiger partial charge in [-0.1, -0.05) is 55.3 Å². The summed E-state index contributed by atoms with van der Waals surface area (Å²) in [6, 6.07) is 43.9. The molecule has 1 aliphatic rings. The number of aromatic nitrogens is 2. The van der Waals surface area contributed by atoms with Gasteiger partial charge in [0.1, 0.15) is 0 Å².